The second-order valence-corrected chi connectivity index (χ2v) is 16.3. The Kier molecular flexibility index (Phi) is 52.2. The van der Waals surface area contributed by atoms with E-state index in [0.717, 1.165) is 128 Å². The number of ether oxygens (including phenoxy) is 3. The normalized spacial score (nSPS) is 13.8. The number of esters is 2. The summed E-state index contributed by atoms with van der Waals surface area (Å²) in [5.41, 5.74) is 0. The molecule has 0 aliphatic rings. The number of rotatable bonds is 45. The zero-order valence-corrected chi connectivity index (χ0v) is 43.0. The molecular weight excluding hydrogens is 837 g/mol. The Labute approximate surface area is 417 Å². The second kappa shape index (κ2) is 56.3. The standard InChI is InChI=1S/C63H94O5/c1-4-7-10-13-16-19-22-25-27-29-31-33-35-37-40-43-46-49-52-55-58-66-59-61(68-63(65)57-54-51-48-45-42-38-24-21-18-15-12-9-6-3)60-67-62(64)56-53-50-47-44-41-39-36-34-32-30-28-26-23-20-17-14-11-8-5-2/h7-12,16-21,25-28,31-34,37-42,47-48,50-51,61H,4-6,13-15,22-24,29-30,35-36,43-46,49,52-60H2,1-3H3/b10-7-,11-8-,12-9-,19-16-,20-17-,21-18-,27-25-,28-26-,33-31-,34-32-,40-37-,41-39-,42-38-,50-47-,51-48-. The van der Waals surface area contributed by atoms with E-state index >= 15 is 0 Å². The van der Waals surface area contributed by atoms with Crippen LogP contribution in [0, 0.1) is 0 Å². The van der Waals surface area contributed by atoms with Crippen LogP contribution in [-0.4, -0.2) is 37.9 Å². The van der Waals surface area contributed by atoms with Crippen LogP contribution in [0.3, 0.4) is 0 Å². The lowest BCUT2D eigenvalue weighted by Gasteiger charge is -2.18. The Morgan fingerprint density at radius 1 is 0.324 bits per heavy atom. The van der Waals surface area contributed by atoms with Crippen molar-refractivity contribution in [2.24, 2.45) is 0 Å². The summed E-state index contributed by atoms with van der Waals surface area (Å²) in [4.78, 5) is 25.4. The molecule has 376 valence electrons. The number of carbonyl (C=O) groups is 2. The summed E-state index contributed by atoms with van der Waals surface area (Å²) in [6, 6.07) is 0. The molecule has 68 heavy (non-hydrogen) atoms. The van der Waals surface area contributed by atoms with Gasteiger partial charge >= 0.3 is 11.9 Å². The van der Waals surface area contributed by atoms with Gasteiger partial charge in [0.1, 0.15) is 6.61 Å². The summed E-state index contributed by atoms with van der Waals surface area (Å²) in [5, 5.41) is 0. The molecule has 0 heterocycles. The Bertz CT molecular complexity index is 1620. The van der Waals surface area contributed by atoms with Crippen LogP contribution in [0.4, 0.5) is 0 Å². The number of hydrogen-bond donors (Lipinski definition) is 0. The van der Waals surface area contributed by atoms with Crippen LogP contribution in [0.1, 0.15) is 175 Å². The molecule has 0 aromatic carbocycles. The minimum absolute atomic E-state index is 0.00839. The highest BCUT2D eigenvalue weighted by Gasteiger charge is 2.17. The topological polar surface area (TPSA) is 61.8 Å². The van der Waals surface area contributed by atoms with E-state index in [2.05, 4.69) is 191 Å². The second-order valence-electron chi connectivity index (χ2n) is 16.3. The Balaban J connectivity index is 4.55. The predicted octanol–water partition coefficient (Wildman–Crippen LogP) is 18.2. The molecule has 0 saturated heterocycles. The lowest BCUT2D eigenvalue weighted by molar-refractivity contribution is -0.162. The summed E-state index contributed by atoms with van der Waals surface area (Å²) >= 11 is 0. The van der Waals surface area contributed by atoms with E-state index in [0.29, 0.717) is 19.4 Å². The summed E-state index contributed by atoms with van der Waals surface area (Å²) in [6.07, 6.45) is 86.5. The van der Waals surface area contributed by atoms with Crippen LogP contribution in [0.5, 0.6) is 0 Å². The highest BCUT2D eigenvalue weighted by molar-refractivity contribution is 5.70. The van der Waals surface area contributed by atoms with Crippen molar-refractivity contribution < 1.29 is 23.8 Å². The molecule has 0 aromatic rings. The summed E-state index contributed by atoms with van der Waals surface area (Å²) in [6.45, 7) is 7.22. The van der Waals surface area contributed by atoms with Gasteiger partial charge in [-0.25, -0.2) is 0 Å². The number of allylic oxidation sites excluding steroid dienone is 30. The van der Waals surface area contributed by atoms with Crippen molar-refractivity contribution >= 4 is 11.9 Å². The lowest BCUT2D eigenvalue weighted by atomic mass is 10.1. The summed E-state index contributed by atoms with van der Waals surface area (Å²) in [7, 11) is 0. The zero-order valence-electron chi connectivity index (χ0n) is 43.0. The van der Waals surface area contributed by atoms with Gasteiger partial charge in [0, 0.05) is 19.4 Å². The third-order valence-corrected chi connectivity index (χ3v) is 9.94. The van der Waals surface area contributed by atoms with Gasteiger partial charge in [-0.05, 0) is 128 Å². The van der Waals surface area contributed by atoms with E-state index in [1.54, 1.807) is 0 Å². The van der Waals surface area contributed by atoms with E-state index < -0.39 is 6.10 Å². The molecule has 0 rings (SSSR count). The van der Waals surface area contributed by atoms with Gasteiger partial charge in [-0.1, -0.05) is 216 Å². The Hall–Kier alpha value is -5.00. The first-order valence-electron chi connectivity index (χ1n) is 26.3. The van der Waals surface area contributed by atoms with Gasteiger partial charge in [0.2, 0.25) is 0 Å². The highest BCUT2D eigenvalue weighted by Crippen LogP contribution is 2.08. The van der Waals surface area contributed by atoms with Gasteiger partial charge in [0.05, 0.1) is 6.61 Å². The third kappa shape index (κ3) is 53.6. The SMILES string of the molecule is CC/C=C\C/C=C\C/C=C\C/C=C\C/C=C\C/C=C\CCC(=O)OCC(COCCCCCC/C=C\C/C=C\C/C=C\C/C=C\C/C=C\CC)OC(=O)CC/C=C\C/C=C\C/C=C\C/C=C\CC. The predicted molar refractivity (Wildman–Crippen MR) is 297 cm³/mol. The van der Waals surface area contributed by atoms with Gasteiger partial charge in [-0.2, -0.15) is 0 Å². The van der Waals surface area contributed by atoms with Crippen LogP contribution >= 0.6 is 0 Å². The van der Waals surface area contributed by atoms with Gasteiger partial charge in [0.15, 0.2) is 6.10 Å². The molecule has 0 spiro atoms. The minimum Gasteiger partial charge on any atom is -0.462 e. The Morgan fingerprint density at radius 3 is 0.971 bits per heavy atom. The fraction of sp³-hybridized carbons (Fsp3) is 0.492. The molecule has 0 saturated carbocycles. The zero-order chi connectivity index (χ0) is 49.2. The third-order valence-electron chi connectivity index (χ3n) is 9.94. The number of unbranched alkanes of at least 4 members (excludes halogenated alkanes) is 4. The van der Waals surface area contributed by atoms with E-state index in [1.165, 1.54) is 0 Å². The maximum atomic E-state index is 12.8. The van der Waals surface area contributed by atoms with Crippen molar-refractivity contribution in [2.75, 3.05) is 19.8 Å². The molecule has 5 heteroatoms. The average molecular weight is 931 g/mol. The largest absolute Gasteiger partial charge is 0.462 e. The minimum atomic E-state index is -0.634. The molecule has 5 nitrogen and oxygen atoms in total. The first-order chi connectivity index (χ1) is 33.6. The quantitative estimate of drug-likeness (QED) is 0.0346. The van der Waals surface area contributed by atoms with Gasteiger partial charge in [-0.15, -0.1) is 0 Å². The average Bonchev–Trinajstić information content (AvgIpc) is 3.34. The Morgan fingerprint density at radius 2 is 0.618 bits per heavy atom. The molecule has 0 aliphatic carbocycles. The van der Waals surface area contributed by atoms with Crippen molar-refractivity contribution in [1.82, 2.24) is 0 Å². The monoisotopic (exact) mass is 931 g/mol. The fourth-order valence-corrected chi connectivity index (χ4v) is 6.16. The molecule has 1 atom stereocenters. The molecule has 0 aliphatic heterocycles. The molecule has 0 aromatic heterocycles. The summed E-state index contributed by atoms with van der Waals surface area (Å²) in [5.74, 6) is -0.622. The molecule has 0 bridgehead atoms. The van der Waals surface area contributed by atoms with Crippen LogP contribution in [0.25, 0.3) is 0 Å². The van der Waals surface area contributed by atoms with E-state index in [1.807, 2.05) is 12.2 Å². The first-order valence-corrected chi connectivity index (χ1v) is 26.3. The van der Waals surface area contributed by atoms with Crippen LogP contribution in [-0.2, 0) is 23.8 Å². The molecule has 0 radical (unpaired) electrons. The van der Waals surface area contributed by atoms with Gasteiger partial charge in [0.25, 0.3) is 0 Å². The number of carbonyl (C=O) groups excluding carboxylic acids is 2. The number of hydrogen-bond acceptors (Lipinski definition) is 5. The molecule has 1 unspecified atom stereocenters. The van der Waals surface area contributed by atoms with Crippen molar-refractivity contribution in [2.45, 2.75) is 181 Å². The van der Waals surface area contributed by atoms with Crippen LogP contribution in [0.15, 0.2) is 182 Å². The van der Waals surface area contributed by atoms with Gasteiger partial charge in [-0.3, -0.25) is 9.59 Å². The van der Waals surface area contributed by atoms with Crippen molar-refractivity contribution in [3.05, 3.63) is 182 Å². The maximum absolute atomic E-state index is 12.8. The molecular formula is C63H94O5. The van der Waals surface area contributed by atoms with Gasteiger partial charge < -0.3 is 14.2 Å². The van der Waals surface area contributed by atoms with Crippen molar-refractivity contribution in [1.29, 1.82) is 0 Å². The van der Waals surface area contributed by atoms with E-state index in [-0.39, 0.29) is 38.0 Å². The fourth-order valence-electron chi connectivity index (χ4n) is 6.16. The van der Waals surface area contributed by atoms with E-state index in [9.17, 15) is 9.59 Å². The van der Waals surface area contributed by atoms with Crippen molar-refractivity contribution in [3.8, 4) is 0 Å². The molecule has 0 amide bonds. The summed E-state index contributed by atoms with van der Waals surface area (Å²) < 4.78 is 17.2. The maximum Gasteiger partial charge on any atom is 0.306 e. The van der Waals surface area contributed by atoms with Crippen molar-refractivity contribution in [3.63, 3.8) is 0 Å². The first kappa shape index (κ1) is 63.0. The van der Waals surface area contributed by atoms with Crippen LogP contribution in [0.2, 0.25) is 0 Å². The van der Waals surface area contributed by atoms with E-state index in [4.69, 9.17) is 14.2 Å². The lowest BCUT2D eigenvalue weighted by Crippen LogP contribution is -2.30. The molecule has 0 N–H and O–H groups in total. The smallest absolute Gasteiger partial charge is 0.306 e. The van der Waals surface area contributed by atoms with Crippen LogP contribution < -0.4 is 0 Å². The molecule has 0 fully saturated rings. The highest BCUT2D eigenvalue weighted by atomic mass is 16.6.